The van der Waals surface area contributed by atoms with Crippen LogP contribution in [0.1, 0.15) is 19.8 Å². The molecule has 0 saturated heterocycles. The molecule has 18 heavy (non-hydrogen) atoms. The Labute approximate surface area is 109 Å². The van der Waals surface area contributed by atoms with Crippen LogP contribution in [0.2, 0.25) is 0 Å². The number of nitrogens with two attached hydrogens (primary N) is 1. The van der Waals surface area contributed by atoms with Crippen molar-refractivity contribution in [3.63, 3.8) is 0 Å². The van der Waals surface area contributed by atoms with Crippen molar-refractivity contribution in [2.24, 2.45) is 5.73 Å². The van der Waals surface area contributed by atoms with Gasteiger partial charge in [-0.1, -0.05) is 36.4 Å². The van der Waals surface area contributed by atoms with Crippen molar-refractivity contribution >= 4 is 5.69 Å². The van der Waals surface area contributed by atoms with Crippen molar-refractivity contribution in [2.45, 2.75) is 19.8 Å². The molecule has 1 aromatic carbocycles. The molecule has 2 nitrogen and oxygen atoms in total. The Hall–Kier alpha value is -1.80. The molecule has 2 rings (SSSR count). The maximum absolute atomic E-state index is 5.66. The molecule has 94 valence electrons. The molecule has 0 unspecified atom stereocenters. The number of benzene rings is 1. The van der Waals surface area contributed by atoms with Gasteiger partial charge in [0.15, 0.2) is 0 Å². The summed E-state index contributed by atoms with van der Waals surface area (Å²) in [5.41, 5.74) is 10.7. The number of anilines is 1. The van der Waals surface area contributed by atoms with Crippen molar-refractivity contribution < 1.29 is 0 Å². The summed E-state index contributed by atoms with van der Waals surface area (Å²) < 4.78 is 0. The molecule has 0 atom stereocenters. The monoisotopic (exact) mass is 240 g/mol. The first-order chi connectivity index (χ1) is 8.81. The maximum Gasteiger partial charge on any atom is 0.0381 e. The number of hydrogen-bond acceptors (Lipinski definition) is 2. The number of rotatable bonds is 4. The lowest BCUT2D eigenvalue weighted by molar-refractivity contribution is 0.949. The van der Waals surface area contributed by atoms with Crippen molar-refractivity contribution in [3.05, 3.63) is 65.4 Å². The van der Waals surface area contributed by atoms with Crippen LogP contribution >= 0.6 is 0 Å². The molecule has 3 N–H and O–H groups in total. The van der Waals surface area contributed by atoms with Crippen LogP contribution in [0.25, 0.3) is 0 Å². The summed E-state index contributed by atoms with van der Waals surface area (Å²) in [6.45, 7) is 2.86. The Kier molecular flexibility index (Phi) is 4.37. The normalized spacial score (nSPS) is 15.3. The quantitative estimate of drug-likeness (QED) is 0.843. The van der Waals surface area contributed by atoms with Crippen LogP contribution in [0, 0.1) is 0 Å². The molecule has 0 aromatic heterocycles. The minimum atomic E-state index is 0.690. The van der Waals surface area contributed by atoms with E-state index in [1.807, 2.05) is 18.2 Å². The van der Waals surface area contributed by atoms with Gasteiger partial charge in [-0.3, -0.25) is 0 Å². The van der Waals surface area contributed by atoms with Crippen LogP contribution in [-0.2, 0) is 0 Å². The van der Waals surface area contributed by atoms with Gasteiger partial charge in [-0.2, -0.15) is 0 Å². The molecule has 1 aliphatic carbocycles. The summed E-state index contributed by atoms with van der Waals surface area (Å²) in [6, 6.07) is 10.3. The first-order valence-electron chi connectivity index (χ1n) is 6.39. The fourth-order valence-corrected chi connectivity index (χ4v) is 2.11. The molecule has 0 aliphatic heterocycles. The highest BCUT2D eigenvalue weighted by atomic mass is 14.9. The third-order valence-electron chi connectivity index (χ3n) is 3.17. The van der Waals surface area contributed by atoms with E-state index in [9.17, 15) is 0 Å². The third kappa shape index (κ3) is 3.11. The Morgan fingerprint density at radius 1 is 1.22 bits per heavy atom. The van der Waals surface area contributed by atoms with Crippen molar-refractivity contribution in [1.29, 1.82) is 0 Å². The minimum absolute atomic E-state index is 0.690. The maximum atomic E-state index is 5.66. The predicted molar refractivity (Wildman–Crippen MR) is 78.3 cm³/mol. The standard InChI is InChI=1S/C16H20N2/c1-13-14(11-12-17)7-5-6-10-16(13)18-15-8-3-2-4-9-15/h2-9,18H,10-12,17H2,1H3. The van der Waals surface area contributed by atoms with Gasteiger partial charge in [0.05, 0.1) is 0 Å². The van der Waals surface area contributed by atoms with Crippen LogP contribution in [0.5, 0.6) is 0 Å². The van der Waals surface area contributed by atoms with E-state index in [4.69, 9.17) is 5.73 Å². The van der Waals surface area contributed by atoms with Gasteiger partial charge in [0.1, 0.15) is 0 Å². The van der Waals surface area contributed by atoms with E-state index < -0.39 is 0 Å². The average Bonchev–Trinajstić information content (AvgIpc) is 2.56. The second-order valence-electron chi connectivity index (χ2n) is 4.46. The fraction of sp³-hybridized carbons (Fsp3) is 0.250. The van der Waals surface area contributed by atoms with Crippen molar-refractivity contribution in [2.75, 3.05) is 11.9 Å². The molecular weight excluding hydrogens is 220 g/mol. The second kappa shape index (κ2) is 6.22. The molecule has 1 aliphatic rings. The van der Waals surface area contributed by atoms with Gasteiger partial charge in [-0.05, 0) is 43.2 Å². The smallest absolute Gasteiger partial charge is 0.0381 e. The van der Waals surface area contributed by atoms with Crippen LogP contribution in [0.4, 0.5) is 5.69 Å². The van der Waals surface area contributed by atoms with Crippen LogP contribution < -0.4 is 11.1 Å². The highest BCUT2D eigenvalue weighted by Crippen LogP contribution is 2.24. The lowest BCUT2D eigenvalue weighted by atomic mass is 10.0. The van der Waals surface area contributed by atoms with Gasteiger partial charge in [0.2, 0.25) is 0 Å². The Morgan fingerprint density at radius 3 is 2.72 bits per heavy atom. The van der Waals surface area contributed by atoms with Crippen molar-refractivity contribution in [3.8, 4) is 0 Å². The highest BCUT2D eigenvalue weighted by Gasteiger charge is 2.08. The van der Waals surface area contributed by atoms with E-state index in [2.05, 4.69) is 42.6 Å². The van der Waals surface area contributed by atoms with Gasteiger partial charge in [0, 0.05) is 17.8 Å². The summed E-state index contributed by atoms with van der Waals surface area (Å²) in [4.78, 5) is 0. The molecular formula is C16H20N2. The van der Waals surface area contributed by atoms with Crippen LogP contribution in [-0.4, -0.2) is 6.54 Å². The van der Waals surface area contributed by atoms with E-state index in [-0.39, 0.29) is 0 Å². The summed E-state index contributed by atoms with van der Waals surface area (Å²) >= 11 is 0. The second-order valence-corrected chi connectivity index (χ2v) is 4.46. The lowest BCUT2D eigenvalue weighted by Gasteiger charge is -2.14. The van der Waals surface area contributed by atoms with Crippen LogP contribution in [0.15, 0.2) is 65.4 Å². The largest absolute Gasteiger partial charge is 0.358 e. The Balaban J connectivity index is 2.22. The SMILES string of the molecule is CC1=C(Nc2ccccc2)CC=CC=C1CCN. The molecule has 0 spiro atoms. The first-order valence-corrected chi connectivity index (χ1v) is 6.39. The summed E-state index contributed by atoms with van der Waals surface area (Å²) in [5, 5.41) is 3.51. The lowest BCUT2D eigenvalue weighted by Crippen LogP contribution is -2.06. The topological polar surface area (TPSA) is 38.0 Å². The molecule has 0 amide bonds. The Bertz CT molecular complexity index is 481. The van der Waals surface area contributed by atoms with Gasteiger partial charge in [-0.25, -0.2) is 0 Å². The molecule has 0 fully saturated rings. The minimum Gasteiger partial charge on any atom is -0.358 e. The third-order valence-corrected chi connectivity index (χ3v) is 3.17. The molecule has 2 heteroatoms. The van der Waals surface area contributed by atoms with E-state index in [0.717, 1.165) is 18.5 Å². The molecule has 0 bridgehead atoms. The van der Waals surface area contributed by atoms with Gasteiger partial charge < -0.3 is 11.1 Å². The van der Waals surface area contributed by atoms with Gasteiger partial charge in [-0.15, -0.1) is 0 Å². The van der Waals surface area contributed by atoms with Gasteiger partial charge in [0.25, 0.3) is 0 Å². The fourth-order valence-electron chi connectivity index (χ4n) is 2.11. The average molecular weight is 240 g/mol. The summed E-state index contributed by atoms with van der Waals surface area (Å²) in [7, 11) is 0. The summed E-state index contributed by atoms with van der Waals surface area (Å²) in [5.74, 6) is 0. The number of hydrogen-bond donors (Lipinski definition) is 2. The van der Waals surface area contributed by atoms with E-state index >= 15 is 0 Å². The highest BCUT2D eigenvalue weighted by molar-refractivity contribution is 5.52. The number of allylic oxidation sites excluding steroid dienone is 4. The zero-order chi connectivity index (χ0) is 12.8. The first kappa shape index (κ1) is 12.7. The molecule has 0 saturated carbocycles. The Morgan fingerprint density at radius 2 is 2.00 bits per heavy atom. The van der Waals surface area contributed by atoms with E-state index in [1.165, 1.54) is 16.8 Å². The van der Waals surface area contributed by atoms with Gasteiger partial charge >= 0.3 is 0 Å². The zero-order valence-corrected chi connectivity index (χ0v) is 10.8. The van der Waals surface area contributed by atoms with Crippen LogP contribution in [0.3, 0.4) is 0 Å². The molecule has 0 radical (unpaired) electrons. The zero-order valence-electron chi connectivity index (χ0n) is 10.8. The number of nitrogens with one attached hydrogen (secondary N) is 1. The van der Waals surface area contributed by atoms with E-state index in [1.54, 1.807) is 0 Å². The predicted octanol–water partition coefficient (Wildman–Crippen LogP) is 3.61. The molecule has 0 heterocycles. The number of para-hydroxylation sites is 1. The molecule has 1 aromatic rings. The van der Waals surface area contributed by atoms with Crippen molar-refractivity contribution in [1.82, 2.24) is 0 Å². The summed E-state index contributed by atoms with van der Waals surface area (Å²) in [6.07, 6.45) is 8.33. The van der Waals surface area contributed by atoms with E-state index in [0.29, 0.717) is 6.54 Å².